The molecule has 0 spiro atoms. The molecular weight excluding hydrogens is 378 g/mol. The second-order valence-electron chi connectivity index (χ2n) is 6.31. The van der Waals surface area contributed by atoms with Crippen LogP contribution in [0.25, 0.3) is 28.6 Å². The first-order valence-corrected chi connectivity index (χ1v) is 8.58. The molecule has 6 nitrogen and oxygen atoms in total. The van der Waals surface area contributed by atoms with Gasteiger partial charge in [-0.2, -0.15) is 0 Å². The van der Waals surface area contributed by atoms with Crippen LogP contribution in [-0.2, 0) is 11.2 Å². The molecule has 3 N–H and O–H groups in total. The van der Waals surface area contributed by atoms with Gasteiger partial charge < -0.3 is 15.4 Å². The lowest BCUT2D eigenvalue weighted by molar-refractivity contribution is -0.131. The summed E-state index contributed by atoms with van der Waals surface area (Å²) in [5.74, 6) is -1.04. The minimum atomic E-state index is -0.986. The van der Waals surface area contributed by atoms with Crippen molar-refractivity contribution in [3.8, 4) is 22.5 Å². The molecule has 1 aromatic carbocycles. The van der Waals surface area contributed by atoms with Gasteiger partial charge in [0.1, 0.15) is 0 Å². The van der Waals surface area contributed by atoms with Gasteiger partial charge in [-0.15, -0.1) is 12.4 Å². The van der Waals surface area contributed by atoms with Gasteiger partial charge in [0.05, 0.1) is 11.3 Å². The van der Waals surface area contributed by atoms with Crippen LogP contribution in [-0.4, -0.2) is 33.5 Å². The second-order valence-corrected chi connectivity index (χ2v) is 6.31. The lowest BCUT2D eigenvalue weighted by atomic mass is 10.0. The molecule has 0 fully saturated rings. The van der Waals surface area contributed by atoms with E-state index in [-0.39, 0.29) is 18.3 Å². The van der Waals surface area contributed by atoms with Gasteiger partial charge in [-0.05, 0) is 35.9 Å². The van der Waals surface area contributed by atoms with Crippen molar-refractivity contribution in [1.82, 2.24) is 15.3 Å². The molecule has 7 heteroatoms. The van der Waals surface area contributed by atoms with Gasteiger partial charge in [-0.1, -0.05) is 18.2 Å². The SMILES string of the molecule is Cl.O=C(O)C=Cc1cccc(-c2cc(-c3cc4c([nH]3)CCNC4=O)ccn2)c1. The number of nitrogens with zero attached hydrogens (tertiary/aromatic N) is 1. The summed E-state index contributed by atoms with van der Waals surface area (Å²) in [6.07, 6.45) is 5.17. The summed E-state index contributed by atoms with van der Waals surface area (Å²) < 4.78 is 0. The highest BCUT2D eigenvalue weighted by Gasteiger charge is 2.20. The molecule has 0 saturated carbocycles. The van der Waals surface area contributed by atoms with Crippen molar-refractivity contribution in [1.29, 1.82) is 0 Å². The number of nitrogens with one attached hydrogen (secondary N) is 2. The van der Waals surface area contributed by atoms with Crippen molar-refractivity contribution in [3.05, 3.63) is 71.6 Å². The molecule has 1 amide bonds. The Balaban J connectivity index is 0.00000225. The number of halogens is 1. The van der Waals surface area contributed by atoms with Gasteiger partial charge in [0.2, 0.25) is 0 Å². The summed E-state index contributed by atoms with van der Waals surface area (Å²) in [5, 5.41) is 11.6. The zero-order chi connectivity index (χ0) is 18.8. The Morgan fingerprint density at radius 2 is 2.00 bits per heavy atom. The smallest absolute Gasteiger partial charge is 0.328 e. The Bertz CT molecular complexity index is 1070. The molecule has 4 rings (SSSR count). The van der Waals surface area contributed by atoms with Crippen molar-refractivity contribution in [3.63, 3.8) is 0 Å². The van der Waals surface area contributed by atoms with Crippen molar-refractivity contribution in [2.75, 3.05) is 6.54 Å². The average molecular weight is 396 g/mol. The minimum Gasteiger partial charge on any atom is -0.478 e. The molecule has 0 saturated heterocycles. The first kappa shape index (κ1) is 19.4. The maximum absolute atomic E-state index is 12.0. The van der Waals surface area contributed by atoms with E-state index in [1.165, 1.54) is 0 Å². The zero-order valence-electron chi connectivity index (χ0n) is 14.8. The van der Waals surface area contributed by atoms with Crippen LogP contribution in [0.1, 0.15) is 21.6 Å². The Labute approximate surface area is 167 Å². The van der Waals surface area contributed by atoms with E-state index in [4.69, 9.17) is 5.11 Å². The van der Waals surface area contributed by atoms with E-state index >= 15 is 0 Å². The van der Waals surface area contributed by atoms with Crippen LogP contribution < -0.4 is 5.32 Å². The highest BCUT2D eigenvalue weighted by atomic mass is 35.5. The fourth-order valence-corrected chi connectivity index (χ4v) is 3.17. The number of amides is 1. The summed E-state index contributed by atoms with van der Waals surface area (Å²) in [4.78, 5) is 30.5. The van der Waals surface area contributed by atoms with Crippen LogP contribution in [0, 0.1) is 0 Å². The van der Waals surface area contributed by atoms with E-state index in [9.17, 15) is 9.59 Å². The quantitative estimate of drug-likeness (QED) is 0.589. The molecule has 3 aromatic rings. The number of rotatable bonds is 4. The highest BCUT2D eigenvalue weighted by molar-refractivity contribution is 5.97. The maximum Gasteiger partial charge on any atom is 0.328 e. The van der Waals surface area contributed by atoms with E-state index in [2.05, 4.69) is 15.3 Å². The summed E-state index contributed by atoms with van der Waals surface area (Å²) >= 11 is 0. The average Bonchev–Trinajstić information content (AvgIpc) is 3.13. The summed E-state index contributed by atoms with van der Waals surface area (Å²) in [7, 11) is 0. The number of carboxylic acid groups (broad SMARTS) is 1. The number of aromatic nitrogens is 2. The topological polar surface area (TPSA) is 95.1 Å². The van der Waals surface area contributed by atoms with Gasteiger partial charge >= 0.3 is 5.97 Å². The Hall–Kier alpha value is -3.38. The largest absolute Gasteiger partial charge is 0.478 e. The van der Waals surface area contributed by atoms with Gasteiger partial charge in [-0.25, -0.2) is 4.79 Å². The van der Waals surface area contributed by atoms with Crippen molar-refractivity contribution in [2.45, 2.75) is 6.42 Å². The number of hydrogen-bond donors (Lipinski definition) is 3. The first-order chi connectivity index (χ1) is 13.1. The van der Waals surface area contributed by atoms with E-state index < -0.39 is 5.97 Å². The first-order valence-electron chi connectivity index (χ1n) is 8.58. The number of carboxylic acids is 1. The summed E-state index contributed by atoms with van der Waals surface area (Å²) in [6, 6.07) is 13.2. The van der Waals surface area contributed by atoms with E-state index in [1.54, 1.807) is 12.3 Å². The Kier molecular flexibility index (Phi) is 5.61. The van der Waals surface area contributed by atoms with Crippen LogP contribution in [0.4, 0.5) is 0 Å². The summed E-state index contributed by atoms with van der Waals surface area (Å²) in [6.45, 7) is 0.643. The van der Waals surface area contributed by atoms with Crippen LogP contribution in [0.15, 0.2) is 54.7 Å². The number of aromatic amines is 1. The summed E-state index contributed by atoms with van der Waals surface area (Å²) in [5.41, 5.74) is 5.90. The van der Waals surface area contributed by atoms with E-state index in [0.717, 1.165) is 46.3 Å². The number of pyridine rings is 1. The molecule has 2 aromatic heterocycles. The molecule has 28 heavy (non-hydrogen) atoms. The third-order valence-electron chi connectivity index (χ3n) is 4.48. The molecule has 1 aliphatic rings. The molecule has 142 valence electrons. The number of benzene rings is 1. The zero-order valence-corrected chi connectivity index (χ0v) is 15.6. The molecule has 3 heterocycles. The molecule has 0 radical (unpaired) electrons. The van der Waals surface area contributed by atoms with E-state index in [0.29, 0.717) is 12.1 Å². The van der Waals surface area contributed by atoms with Gasteiger partial charge in [0.25, 0.3) is 5.91 Å². The van der Waals surface area contributed by atoms with Gasteiger partial charge in [0, 0.05) is 47.8 Å². The fraction of sp³-hybridized carbons (Fsp3) is 0.0952. The maximum atomic E-state index is 12.0. The van der Waals surface area contributed by atoms with Crippen molar-refractivity contribution >= 4 is 30.4 Å². The van der Waals surface area contributed by atoms with Crippen LogP contribution >= 0.6 is 12.4 Å². The third kappa shape index (κ3) is 3.97. The Morgan fingerprint density at radius 1 is 1.14 bits per heavy atom. The Morgan fingerprint density at radius 3 is 2.79 bits per heavy atom. The second kappa shape index (κ2) is 8.10. The number of hydrogen-bond acceptors (Lipinski definition) is 3. The van der Waals surface area contributed by atoms with Gasteiger partial charge in [0.15, 0.2) is 0 Å². The fourth-order valence-electron chi connectivity index (χ4n) is 3.17. The third-order valence-corrected chi connectivity index (χ3v) is 4.48. The lowest BCUT2D eigenvalue weighted by Gasteiger charge is -2.10. The van der Waals surface area contributed by atoms with Crippen LogP contribution in [0.3, 0.4) is 0 Å². The van der Waals surface area contributed by atoms with Crippen molar-refractivity contribution < 1.29 is 14.7 Å². The molecule has 0 bridgehead atoms. The number of carbonyl (C=O) groups is 2. The minimum absolute atomic E-state index is 0. The number of fused-ring (bicyclic) bond motifs is 1. The van der Waals surface area contributed by atoms with Crippen LogP contribution in [0.2, 0.25) is 0 Å². The molecule has 1 aliphatic heterocycles. The van der Waals surface area contributed by atoms with Gasteiger partial charge in [-0.3, -0.25) is 9.78 Å². The predicted molar refractivity (Wildman–Crippen MR) is 109 cm³/mol. The normalized spacial score (nSPS) is 12.9. The number of H-pyrrole nitrogens is 1. The number of carbonyl (C=O) groups excluding carboxylic acids is 1. The number of aliphatic carboxylic acids is 1. The molecule has 0 unspecified atom stereocenters. The predicted octanol–water partition coefficient (Wildman–Crippen LogP) is 3.55. The van der Waals surface area contributed by atoms with E-state index in [1.807, 2.05) is 42.5 Å². The lowest BCUT2D eigenvalue weighted by Crippen LogP contribution is -2.31. The van der Waals surface area contributed by atoms with Crippen molar-refractivity contribution in [2.24, 2.45) is 0 Å². The standard InChI is InChI=1S/C21H17N3O3.ClH/c25-20(26)5-4-13-2-1-3-14(10-13)18-11-15(6-8-22-18)19-12-16-17(24-19)7-9-23-21(16)27;/h1-6,8,10-12,24H,7,9H2,(H,23,27)(H,25,26);1H. The molecule has 0 aliphatic carbocycles. The molecular formula is C21H18ClN3O3. The van der Waals surface area contributed by atoms with Crippen LogP contribution in [0.5, 0.6) is 0 Å². The molecule has 0 atom stereocenters. The highest BCUT2D eigenvalue weighted by Crippen LogP contribution is 2.27. The monoisotopic (exact) mass is 395 g/mol.